The van der Waals surface area contributed by atoms with Crippen molar-refractivity contribution in [3.63, 3.8) is 0 Å². The van der Waals surface area contributed by atoms with Gasteiger partial charge in [-0.05, 0) is 54.3 Å². The van der Waals surface area contributed by atoms with Crippen molar-refractivity contribution in [1.29, 1.82) is 0 Å². The molecular formula is C17H21NO3S. The second-order valence-corrected chi connectivity index (χ2v) is 7.01. The first-order chi connectivity index (χ1) is 10.3. The van der Waals surface area contributed by atoms with E-state index in [2.05, 4.69) is 19.2 Å². The number of anilines is 1. The number of nitrogens with one attached hydrogen (secondary N) is 1. The van der Waals surface area contributed by atoms with Crippen molar-refractivity contribution < 1.29 is 12.6 Å². The van der Waals surface area contributed by atoms with Crippen molar-refractivity contribution in [2.24, 2.45) is 0 Å². The lowest BCUT2D eigenvalue weighted by molar-refractivity contribution is 0.485. The van der Waals surface area contributed by atoms with E-state index in [-0.39, 0.29) is 4.90 Å². The summed E-state index contributed by atoms with van der Waals surface area (Å²) in [5, 5.41) is 2.97. The molecule has 2 aromatic rings. The van der Waals surface area contributed by atoms with Crippen molar-refractivity contribution in [2.75, 3.05) is 12.4 Å². The summed E-state index contributed by atoms with van der Waals surface area (Å²) in [6.07, 6.45) is 0. The molecule has 0 amide bonds. The van der Waals surface area contributed by atoms with E-state index < -0.39 is 10.1 Å². The average molecular weight is 319 g/mol. The molecule has 2 rings (SSSR count). The zero-order valence-corrected chi connectivity index (χ0v) is 14.1. The molecule has 0 fully saturated rings. The molecular weight excluding hydrogens is 298 g/mol. The Morgan fingerprint density at radius 3 is 2.18 bits per heavy atom. The molecule has 4 nitrogen and oxygen atoms in total. The lowest BCUT2D eigenvalue weighted by Gasteiger charge is -2.12. The third-order valence-corrected chi connectivity index (χ3v) is 4.89. The maximum atomic E-state index is 12.4. The fourth-order valence-corrected chi connectivity index (χ4v) is 3.30. The molecule has 0 spiro atoms. The normalized spacial score (nSPS) is 11.5. The molecule has 5 heteroatoms. The fourth-order valence-electron chi connectivity index (χ4n) is 2.16. The van der Waals surface area contributed by atoms with E-state index in [1.54, 1.807) is 44.3 Å². The molecule has 0 bridgehead atoms. The van der Waals surface area contributed by atoms with Gasteiger partial charge in [-0.1, -0.05) is 26.0 Å². The molecule has 0 aliphatic rings. The highest BCUT2D eigenvalue weighted by Crippen LogP contribution is 2.25. The Labute approximate surface area is 132 Å². The van der Waals surface area contributed by atoms with Crippen molar-refractivity contribution in [2.45, 2.75) is 31.6 Å². The Bertz CT molecular complexity index is 750. The van der Waals surface area contributed by atoms with Crippen LogP contribution in [0.2, 0.25) is 0 Å². The number of hydrogen-bond donors (Lipinski definition) is 1. The minimum absolute atomic E-state index is 0.203. The first-order valence-corrected chi connectivity index (χ1v) is 8.57. The summed E-state index contributed by atoms with van der Waals surface area (Å²) in [7, 11) is -2.03. The Morgan fingerprint density at radius 1 is 1.05 bits per heavy atom. The summed E-state index contributed by atoms with van der Waals surface area (Å²) in [4.78, 5) is 0.203. The zero-order valence-electron chi connectivity index (χ0n) is 13.3. The smallest absolute Gasteiger partial charge is 0.339 e. The number of hydrogen-bond acceptors (Lipinski definition) is 4. The summed E-state index contributed by atoms with van der Waals surface area (Å²) >= 11 is 0. The maximum Gasteiger partial charge on any atom is 0.339 e. The third kappa shape index (κ3) is 3.60. The predicted octanol–water partition coefficient (Wildman–Crippen LogP) is 3.93. The van der Waals surface area contributed by atoms with Crippen LogP contribution in [0.3, 0.4) is 0 Å². The van der Waals surface area contributed by atoms with Gasteiger partial charge in [0.15, 0.2) is 0 Å². The van der Waals surface area contributed by atoms with Gasteiger partial charge in [-0.3, -0.25) is 0 Å². The molecule has 0 atom stereocenters. The number of benzene rings is 2. The molecule has 0 aromatic heterocycles. The molecule has 0 saturated carbocycles. The number of aryl methyl sites for hydroxylation is 1. The van der Waals surface area contributed by atoms with Crippen LogP contribution in [0.4, 0.5) is 5.69 Å². The van der Waals surface area contributed by atoms with Crippen molar-refractivity contribution >= 4 is 15.8 Å². The van der Waals surface area contributed by atoms with Gasteiger partial charge >= 0.3 is 10.1 Å². The second kappa shape index (κ2) is 6.40. The van der Waals surface area contributed by atoms with Crippen LogP contribution in [0.5, 0.6) is 5.75 Å². The van der Waals surface area contributed by atoms with Crippen LogP contribution in [0, 0.1) is 6.92 Å². The van der Waals surface area contributed by atoms with Crippen molar-refractivity contribution in [3.8, 4) is 5.75 Å². The van der Waals surface area contributed by atoms with Crippen LogP contribution in [0.15, 0.2) is 47.4 Å². The van der Waals surface area contributed by atoms with Gasteiger partial charge in [0.2, 0.25) is 0 Å². The van der Waals surface area contributed by atoms with Gasteiger partial charge in [0, 0.05) is 12.7 Å². The molecule has 0 unspecified atom stereocenters. The Morgan fingerprint density at radius 2 is 1.68 bits per heavy atom. The van der Waals surface area contributed by atoms with Crippen molar-refractivity contribution in [1.82, 2.24) is 0 Å². The first kappa shape index (κ1) is 16.4. The second-order valence-electron chi connectivity index (χ2n) is 5.49. The molecule has 0 aliphatic heterocycles. The summed E-state index contributed by atoms with van der Waals surface area (Å²) in [6, 6.07) is 12.1. The van der Waals surface area contributed by atoms with Gasteiger partial charge in [0.1, 0.15) is 10.6 Å². The first-order valence-electron chi connectivity index (χ1n) is 7.16. The number of rotatable bonds is 5. The molecule has 0 saturated heterocycles. The fraction of sp³-hybridized carbons (Fsp3) is 0.294. The van der Waals surface area contributed by atoms with E-state index in [1.165, 1.54) is 0 Å². The lowest BCUT2D eigenvalue weighted by atomic mass is 10.0. The largest absolute Gasteiger partial charge is 0.388 e. The topological polar surface area (TPSA) is 55.4 Å². The van der Waals surface area contributed by atoms with Gasteiger partial charge in [-0.25, -0.2) is 0 Å². The average Bonchev–Trinajstić information content (AvgIpc) is 2.47. The van der Waals surface area contributed by atoms with Gasteiger partial charge in [-0.2, -0.15) is 8.42 Å². The van der Waals surface area contributed by atoms with Gasteiger partial charge < -0.3 is 9.50 Å². The Hall–Kier alpha value is -2.01. The zero-order chi connectivity index (χ0) is 16.3. The molecule has 1 N–H and O–H groups in total. The van der Waals surface area contributed by atoms with Crippen LogP contribution < -0.4 is 9.50 Å². The molecule has 0 aliphatic carbocycles. The van der Waals surface area contributed by atoms with E-state index in [1.807, 2.05) is 12.1 Å². The van der Waals surface area contributed by atoms with E-state index in [9.17, 15) is 8.42 Å². The summed E-state index contributed by atoms with van der Waals surface area (Å²) in [5.74, 6) is 0.650. The predicted molar refractivity (Wildman–Crippen MR) is 89.1 cm³/mol. The van der Waals surface area contributed by atoms with Gasteiger partial charge in [0.05, 0.1) is 0 Å². The minimum Gasteiger partial charge on any atom is -0.388 e. The van der Waals surface area contributed by atoms with Crippen LogP contribution in [-0.4, -0.2) is 15.5 Å². The quantitative estimate of drug-likeness (QED) is 0.849. The Balaban J connectivity index is 2.29. The highest BCUT2D eigenvalue weighted by Gasteiger charge is 2.19. The van der Waals surface area contributed by atoms with E-state index in [4.69, 9.17) is 4.18 Å². The minimum atomic E-state index is -3.83. The van der Waals surface area contributed by atoms with E-state index in [0.29, 0.717) is 17.2 Å². The van der Waals surface area contributed by atoms with Gasteiger partial charge in [0.25, 0.3) is 0 Å². The lowest BCUT2D eigenvalue weighted by Crippen LogP contribution is -2.11. The summed E-state index contributed by atoms with van der Waals surface area (Å²) in [6.45, 7) is 5.93. The SMILES string of the molecule is CNc1ccc(OS(=O)(=O)c2ccc(C(C)C)cc2C)cc1. The molecule has 0 radical (unpaired) electrons. The standard InChI is InChI=1S/C17H21NO3S/c1-12(2)14-5-10-17(13(3)11-14)22(19,20)21-16-8-6-15(18-4)7-9-16/h5-12,18H,1-4H3. The van der Waals surface area contributed by atoms with Crippen LogP contribution in [0.25, 0.3) is 0 Å². The van der Waals surface area contributed by atoms with Gasteiger partial charge in [-0.15, -0.1) is 0 Å². The van der Waals surface area contributed by atoms with Crippen LogP contribution >= 0.6 is 0 Å². The third-order valence-electron chi connectivity index (χ3n) is 3.48. The monoisotopic (exact) mass is 319 g/mol. The highest BCUT2D eigenvalue weighted by atomic mass is 32.2. The summed E-state index contributed by atoms with van der Waals surface area (Å²) < 4.78 is 30.1. The molecule has 22 heavy (non-hydrogen) atoms. The maximum absolute atomic E-state index is 12.4. The van der Waals surface area contributed by atoms with Crippen LogP contribution in [0.1, 0.15) is 30.9 Å². The summed E-state index contributed by atoms with van der Waals surface area (Å²) in [5.41, 5.74) is 2.69. The van der Waals surface area contributed by atoms with Crippen LogP contribution in [-0.2, 0) is 10.1 Å². The molecule has 118 valence electrons. The molecule has 0 heterocycles. The molecule has 2 aromatic carbocycles. The van der Waals surface area contributed by atoms with E-state index in [0.717, 1.165) is 11.3 Å². The highest BCUT2D eigenvalue weighted by molar-refractivity contribution is 7.87. The Kier molecular flexibility index (Phi) is 4.76. The van der Waals surface area contributed by atoms with Crippen molar-refractivity contribution in [3.05, 3.63) is 53.6 Å². The van der Waals surface area contributed by atoms with E-state index >= 15 is 0 Å².